The van der Waals surface area contributed by atoms with Gasteiger partial charge in [0, 0.05) is 10.9 Å². The van der Waals surface area contributed by atoms with E-state index in [0.717, 1.165) is 16.5 Å². The summed E-state index contributed by atoms with van der Waals surface area (Å²) in [7, 11) is 0. The van der Waals surface area contributed by atoms with Crippen LogP contribution in [0.15, 0.2) is 24.3 Å². The van der Waals surface area contributed by atoms with Crippen LogP contribution in [0.1, 0.15) is 24.5 Å². The number of esters is 1. The Balaban J connectivity index is 2.66. The first-order valence-corrected chi connectivity index (χ1v) is 6.18. The van der Waals surface area contributed by atoms with Crippen molar-refractivity contribution in [1.82, 2.24) is 0 Å². The number of ether oxygens (including phenoxy) is 1. The molecule has 0 bridgehead atoms. The molecule has 2 nitrogen and oxygen atoms in total. The monoisotopic (exact) mass is 280 g/mol. The average molecular weight is 281 g/mol. The van der Waals surface area contributed by atoms with Gasteiger partial charge in [0.25, 0.3) is 0 Å². The lowest BCUT2D eigenvalue weighted by Crippen LogP contribution is -2.01. The standard InChI is InChI=1S/C13H13BrO2/c1-2-16-13(15)9-5-8-11-6-3-4-7-12(11)10-14/h3-4,6-7H,2,9-10H2,1H3. The Labute approximate surface area is 104 Å². The topological polar surface area (TPSA) is 26.3 Å². The third-order valence-electron chi connectivity index (χ3n) is 1.92. The first-order valence-electron chi connectivity index (χ1n) is 5.06. The van der Waals surface area contributed by atoms with Crippen LogP contribution >= 0.6 is 15.9 Å². The Morgan fingerprint density at radius 2 is 2.19 bits per heavy atom. The SMILES string of the molecule is CCOC(=O)CC#Cc1ccccc1CBr. The molecule has 3 heteroatoms. The van der Waals surface area contributed by atoms with Crippen molar-refractivity contribution in [2.45, 2.75) is 18.7 Å². The first-order chi connectivity index (χ1) is 7.77. The fourth-order valence-corrected chi connectivity index (χ4v) is 1.67. The fraction of sp³-hybridized carbons (Fsp3) is 0.308. The number of alkyl halides is 1. The summed E-state index contributed by atoms with van der Waals surface area (Å²) in [5, 5.41) is 0.761. The molecule has 0 fully saturated rings. The second kappa shape index (κ2) is 7.08. The molecule has 0 atom stereocenters. The average Bonchev–Trinajstić information content (AvgIpc) is 2.30. The predicted octanol–water partition coefficient (Wildman–Crippen LogP) is 2.89. The van der Waals surface area contributed by atoms with Gasteiger partial charge in [0.1, 0.15) is 6.42 Å². The van der Waals surface area contributed by atoms with E-state index in [1.54, 1.807) is 6.92 Å². The van der Waals surface area contributed by atoms with E-state index in [0.29, 0.717) is 6.61 Å². The number of rotatable bonds is 3. The highest BCUT2D eigenvalue weighted by molar-refractivity contribution is 9.08. The lowest BCUT2D eigenvalue weighted by atomic mass is 10.1. The molecule has 0 saturated heterocycles. The summed E-state index contributed by atoms with van der Waals surface area (Å²) < 4.78 is 4.79. The summed E-state index contributed by atoms with van der Waals surface area (Å²) in [6.45, 7) is 2.18. The van der Waals surface area contributed by atoms with Gasteiger partial charge in [-0.25, -0.2) is 0 Å². The molecule has 0 aliphatic rings. The highest BCUT2D eigenvalue weighted by atomic mass is 79.9. The largest absolute Gasteiger partial charge is 0.465 e. The maximum Gasteiger partial charge on any atom is 0.317 e. The van der Waals surface area contributed by atoms with Crippen LogP contribution in [0.3, 0.4) is 0 Å². The molecule has 0 saturated carbocycles. The zero-order chi connectivity index (χ0) is 11.8. The number of halogens is 1. The Morgan fingerprint density at radius 1 is 1.44 bits per heavy atom. The van der Waals surface area contributed by atoms with E-state index in [-0.39, 0.29) is 12.4 Å². The first kappa shape index (κ1) is 12.8. The number of hydrogen-bond donors (Lipinski definition) is 0. The number of carbonyl (C=O) groups is 1. The van der Waals surface area contributed by atoms with Crippen LogP contribution in [-0.2, 0) is 14.9 Å². The van der Waals surface area contributed by atoms with Gasteiger partial charge < -0.3 is 4.74 Å². The lowest BCUT2D eigenvalue weighted by Gasteiger charge is -1.98. The van der Waals surface area contributed by atoms with Crippen molar-refractivity contribution >= 4 is 21.9 Å². The highest BCUT2D eigenvalue weighted by Crippen LogP contribution is 2.10. The molecule has 16 heavy (non-hydrogen) atoms. The maximum absolute atomic E-state index is 11.1. The molecule has 1 aromatic rings. The zero-order valence-corrected chi connectivity index (χ0v) is 10.7. The Hall–Kier alpha value is -1.27. The van der Waals surface area contributed by atoms with Gasteiger partial charge in [0.15, 0.2) is 0 Å². The van der Waals surface area contributed by atoms with Crippen LogP contribution < -0.4 is 0 Å². The molecule has 1 aromatic carbocycles. The van der Waals surface area contributed by atoms with Crippen molar-refractivity contribution in [3.05, 3.63) is 35.4 Å². The van der Waals surface area contributed by atoms with Gasteiger partial charge >= 0.3 is 5.97 Å². The van der Waals surface area contributed by atoms with Crippen LogP contribution in [0.5, 0.6) is 0 Å². The Kier molecular flexibility index (Phi) is 5.66. The van der Waals surface area contributed by atoms with E-state index in [1.165, 1.54) is 0 Å². The van der Waals surface area contributed by atoms with Crippen molar-refractivity contribution in [3.8, 4) is 11.8 Å². The zero-order valence-electron chi connectivity index (χ0n) is 9.13. The third kappa shape index (κ3) is 4.08. The van der Waals surface area contributed by atoms with Gasteiger partial charge in [-0.05, 0) is 18.6 Å². The molecule has 84 valence electrons. The summed E-state index contributed by atoms with van der Waals surface area (Å²) >= 11 is 3.39. The summed E-state index contributed by atoms with van der Waals surface area (Å²) in [4.78, 5) is 11.1. The number of hydrogen-bond acceptors (Lipinski definition) is 2. The van der Waals surface area contributed by atoms with Crippen molar-refractivity contribution in [1.29, 1.82) is 0 Å². The minimum atomic E-state index is -0.272. The van der Waals surface area contributed by atoms with Gasteiger partial charge in [-0.1, -0.05) is 46.0 Å². The van der Waals surface area contributed by atoms with E-state index in [2.05, 4.69) is 27.8 Å². The molecular weight excluding hydrogens is 268 g/mol. The van der Waals surface area contributed by atoms with Gasteiger partial charge in [0.2, 0.25) is 0 Å². The minimum Gasteiger partial charge on any atom is -0.465 e. The molecule has 0 radical (unpaired) electrons. The second-order valence-corrected chi connectivity index (χ2v) is 3.64. The predicted molar refractivity (Wildman–Crippen MR) is 67.2 cm³/mol. The van der Waals surface area contributed by atoms with Crippen LogP contribution in [0.2, 0.25) is 0 Å². The molecule has 0 heterocycles. The summed E-state index contributed by atoms with van der Waals surface area (Å²) in [6.07, 6.45) is 0.143. The van der Waals surface area contributed by atoms with Crippen LogP contribution in [-0.4, -0.2) is 12.6 Å². The molecule has 0 aliphatic carbocycles. The van der Waals surface area contributed by atoms with Crippen molar-refractivity contribution in [2.24, 2.45) is 0 Å². The maximum atomic E-state index is 11.1. The van der Waals surface area contributed by atoms with Crippen molar-refractivity contribution in [3.63, 3.8) is 0 Å². The van der Waals surface area contributed by atoms with Crippen LogP contribution in [0.25, 0.3) is 0 Å². The van der Waals surface area contributed by atoms with Crippen molar-refractivity contribution < 1.29 is 9.53 Å². The molecule has 0 aromatic heterocycles. The van der Waals surface area contributed by atoms with Gasteiger partial charge in [-0.2, -0.15) is 0 Å². The molecule has 0 unspecified atom stereocenters. The molecule has 0 N–H and O–H groups in total. The third-order valence-corrected chi connectivity index (χ3v) is 2.53. The van der Waals surface area contributed by atoms with E-state index in [4.69, 9.17) is 4.74 Å². The van der Waals surface area contributed by atoms with Crippen LogP contribution in [0.4, 0.5) is 0 Å². The van der Waals surface area contributed by atoms with Gasteiger partial charge in [0.05, 0.1) is 6.61 Å². The second-order valence-electron chi connectivity index (χ2n) is 3.07. The fourth-order valence-electron chi connectivity index (χ4n) is 1.18. The van der Waals surface area contributed by atoms with E-state index < -0.39 is 0 Å². The summed E-state index contributed by atoms with van der Waals surface area (Å²) in [5.41, 5.74) is 2.07. The molecule has 1 rings (SSSR count). The van der Waals surface area contributed by atoms with E-state index >= 15 is 0 Å². The molecule has 0 aliphatic heterocycles. The van der Waals surface area contributed by atoms with Gasteiger partial charge in [-0.15, -0.1) is 0 Å². The minimum absolute atomic E-state index is 0.143. The van der Waals surface area contributed by atoms with E-state index in [9.17, 15) is 4.79 Å². The van der Waals surface area contributed by atoms with Crippen LogP contribution in [0, 0.1) is 11.8 Å². The summed E-state index contributed by atoms with van der Waals surface area (Å²) in [5.74, 6) is 5.52. The van der Waals surface area contributed by atoms with E-state index in [1.807, 2.05) is 24.3 Å². The Morgan fingerprint density at radius 3 is 2.88 bits per heavy atom. The molecule has 0 spiro atoms. The highest BCUT2D eigenvalue weighted by Gasteiger charge is 1.98. The summed E-state index contributed by atoms with van der Waals surface area (Å²) in [6, 6.07) is 7.84. The van der Waals surface area contributed by atoms with Gasteiger partial charge in [-0.3, -0.25) is 4.79 Å². The Bertz CT molecular complexity index is 415. The number of carbonyl (C=O) groups excluding carboxylic acids is 1. The quantitative estimate of drug-likeness (QED) is 0.484. The smallest absolute Gasteiger partial charge is 0.317 e. The molecular formula is C13H13BrO2. The lowest BCUT2D eigenvalue weighted by molar-refractivity contribution is -0.141. The molecule has 0 amide bonds. The number of benzene rings is 1. The van der Waals surface area contributed by atoms with Crippen molar-refractivity contribution in [2.75, 3.05) is 6.61 Å². The normalized spacial score (nSPS) is 9.12.